The van der Waals surface area contributed by atoms with Crippen LogP contribution in [0.3, 0.4) is 0 Å². The van der Waals surface area contributed by atoms with Crippen LogP contribution in [0.5, 0.6) is 5.75 Å². The average molecular weight is 273 g/mol. The lowest BCUT2D eigenvalue weighted by atomic mass is 10.2. The summed E-state index contributed by atoms with van der Waals surface area (Å²) < 4.78 is 5.64. The van der Waals surface area contributed by atoms with Crippen molar-refractivity contribution in [2.24, 2.45) is 5.92 Å². The van der Waals surface area contributed by atoms with Gasteiger partial charge < -0.3 is 15.4 Å². The Labute approximate surface area is 115 Å². The number of rotatable bonds is 6. The molecule has 18 heavy (non-hydrogen) atoms. The third-order valence-corrected chi connectivity index (χ3v) is 2.07. The van der Waals surface area contributed by atoms with Crippen LogP contribution in [-0.4, -0.2) is 26.1 Å². The molecule has 0 atom stereocenters. The summed E-state index contributed by atoms with van der Waals surface area (Å²) in [4.78, 5) is 11.5. The van der Waals surface area contributed by atoms with E-state index in [4.69, 9.17) is 4.74 Å². The van der Waals surface area contributed by atoms with Gasteiger partial charge >= 0.3 is 0 Å². The van der Waals surface area contributed by atoms with Gasteiger partial charge in [0.05, 0.1) is 18.8 Å². The van der Waals surface area contributed by atoms with Crippen LogP contribution in [0.15, 0.2) is 24.3 Å². The predicted octanol–water partition coefficient (Wildman–Crippen LogP) is 2.30. The second-order valence-corrected chi connectivity index (χ2v) is 4.28. The fourth-order valence-electron chi connectivity index (χ4n) is 1.31. The largest absolute Gasteiger partial charge is 0.491 e. The zero-order valence-corrected chi connectivity index (χ0v) is 11.8. The minimum absolute atomic E-state index is 0. The van der Waals surface area contributed by atoms with Crippen LogP contribution in [0.2, 0.25) is 0 Å². The van der Waals surface area contributed by atoms with Crippen molar-refractivity contribution in [2.75, 3.05) is 25.5 Å². The minimum Gasteiger partial charge on any atom is -0.491 e. The fourth-order valence-corrected chi connectivity index (χ4v) is 1.31. The third kappa shape index (κ3) is 5.89. The molecule has 2 N–H and O–H groups in total. The van der Waals surface area contributed by atoms with Gasteiger partial charge in [-0.1, -0.05) is 26.0 Å². The summed E-state index contributed by atoms with van der Waals surface area (Å²) in [5.74, 6) is 1.09. The summed E-state index contributed by atoms with van der Waals surface area (Å²) in [6.07, 6.45) is 0. The molecule has 0 spiro atoms. The number of nitrogens with one attached hydrogen (secondary N) is 2. The van der Waals surface area contributed by atoms with Crippen molar-refractivity contribution in [1.82, 2.24) is 5.32 Å². The third-order valence-electron chi connectivity index (χ3n) is 2.07. The van der Waals surface area contributed by atoms with Crippen LogP contribution >= 0.6 is 12.4 Å². The second kappa shape index (κ2) is 8.78. The highest BCUT2D eigenvalue weighted by Gasteiger charge is 2.07. The van der Waals surface area contributed by atoms with Crippen LogP contribution in [0.4, 0.5) is 5.69 Å². The van der Waals surface area contributed by atoms with Crippen LogP contribution < -0.4 is 15.4 Å². The number of carbonyl (C=O) groups excluding carboxylic acids is 1. The van der Waals surface area contributed by atoms with Crippen LogP contribution in [-0.2, 0) is 4.79 Å². The number of para-hydroxylation sites is 2. The fraction of sp³-hybridized carbons (Fsp3) is 0.462. The van der Waals surface area contributed by atoms with E-state index in [-0.39, 0.29) is 18.3 Å². The van der Waals surface area contributed by atoms with Crippen molar-refractivity contribution >= 4 is 24.0 Å². The molecule has 1 aromatic carbocycles. The van der Waals surface area contributed by atoms with E-state index in [0.29, 0.717) is 30.5 Å². The van der Waals surface area contributed by atoms with Gasteiger partial charge in [0.15, 0.2) is 0 Å². The predicted molar refractivity (Wildman–Crippen MR) is 76.6 cm³/mol. The Balaban J connectivity index is 0.00000289. The van der Waals surface area contributed by atoms with Crippen LogP contribution in [0, 0.1) is 5.92 Å². The normalized spacial score (nSPS) is 9.78. The van der Waals surface area contributed by atoms with Gasteiger partial charge in [0.1, 0.15) is 5.75 Å². The van der Waals surface area contributed by atoms with Gasteiger partial charge in [0.25, 0.3) is 0 Å². The lowest BCUT2D eigenvalue weighted by Crippen LogP contribution is -2.25. The topological polar surface area (TPSA) is 50.4 Å². The number of likely N-dealkylation sites (N-methyl/N-ethyl adjacent to an activating group) is 1. The zero-order valence-electron chi connectivity index (χ0n) is 11.0. The van der Waals surface area contributed by atoms with Gasteiger partial charge in [-0.3, -0.25) is 4.79 Å². The number of amides is 1. The highest BCUT2D eigenvalue weighted by Crippen LogP contribution is 2.24. The number of hydrogen-bond donors (Lipinski definition) is 2. The molecule has 0 saturated heterocycles. The summed E-state index contributed by atoms with van der Waals surface area (Å²) >= 11 is 0. The Bertz CT molecular complexity index is 370. The molecule has 0 aliphatic heterocycles. The second-order valence-electron chi connectivity index (χ2n) is 4.28. The Kier molecular flexibility index (Phi) is 8.16. The Morgan fingerprint density at radius 3 is 2.61 bits per heavy atom. The summed E-state index contributed by atoms with van der Waals surface area (Å²) in [7, 11) is 1.74. The van der Waals surface area contributed by atoms with E-state index in [1.807, 2.05) is 24.3 Å². The Morgan fingerprint density at radius 1 is 1.33 bits per heavy atom. The molecule has 1 aromatic rings. The Hall–Kier alpha value is -1.26. The van der Waals surface area contributed by atoms with Crippen LogP contribution in [0.25, 0.3) is 0 Å². The molecule has 0 aromatic heterocycles. The molecular formula is C13H21ClN2O2. The van der Waals surface area contributed by atoms with Crippen molar-refractivity contribution in [3.05, 3.63) is 24.3 Å². The van der Waals surface area contributed by atoms with E-state index in [9.17, 15) is 4.79 Å². The SMILES string of the molecule is CNCC(=O)Nc1ccccc1OCC(C)C.Cl. The lowest BCUT2D eigenvalue weighted by molar-refractivity contribution is -0.115. The zero-order chi connectivity index (χ0) is 12.7. The minimum atomic E-state index is -0.0758. The molecule has 0 fully saturated rings. The van der Waals surface area contributed by atoms with Gasteiger partial charge in [-0.25, -0.2) is 0 Å². The van der Waals surface area contributed by atoms with E-state index >= 15 is 0 Å². The monoisotopic (exact) mass is 272 g/mol. The van der Waals surface area contributed by atoms with Crippen molar-refractivity contribution < 1.29 is 9.53 Å². The molecule has 0 radical (unpaired) electrons. The van der Waals surface area contributed by atoms with E-state index in [1.54, 1.807) is 7.05 Å². The van der Waals surface area contributed by atoms with Crippen molar-refractivity contribution in [2.45, 2.75) is 13.8 Å². The maximum Gasteiger partial charge on any atom is 0.238 e. The summed E-state index contributed by atoms with van der Waals surface area (Å²) in [5, 5.41) is 5.61. The van der Waals surface area contributed by atoms with Gasteiger partial charge in [-0.15, -0.1) is 12.4 Å². The summed E-state index contributed by atoms with van der Waals surface area (Å²) in [5.41, 5.74) is 0.716. The summed E-state index contributed by atoms with van der Waals surface area (Å²) in [6, 6.07) is 7.46. The highest BCUT2D eigenvalue weighted by atomic mass is 35.5. The maximum atomic E-state index is 11.5. The molecule has 0 heterocycles. The van der Waals surface area contributed by atoms with Crippen LogP contribution in [0.1, 0.15) is 13.8 Å². The molecule has 4 nitrogen and oxygen atoms in total. The molecule has 0 aliphatic rings. The molecule has 5 heteroatoms. The molecule has 0 unspecified atom stereocenters. The lowest BCUT2D eigenvalue weighted by Gasteiger charge is -2.13. The van der Waals surface area contributed by atoms with Crippen molar-refractivity contribution in [3.8, 4) is 5.75 Å². The quantitative estimate of drug-likeness (QED) is 0.835. The number of ether oxygens (including phenoxy) is 1. The standard InChI is InChI=1S/C13H20N2O2.ClH/c1-10(2)9-17-12-7-5-4-6-11(12)15-13(16)8-14-3;/h4-7,10,14H,8-9H2,1-3H3,(H,15,16);1H. The van der Waals surface area contributed by atoms with E-state index in [1.165, 1.54) is 0 Å². The summed E-state index contributed by atoms with van der Waals surface area (Å²) in [6.45, 7) is 5.10. The first kappa shape index (κ1) is 16.7. The molecule has 1 amide bonds. The molecular weight excluding hydrogens is 252 g/mol. The van der Waals surface area contributed by atoms with Gasteiger partial charge in [0, 0.05) is 0 Å². The molecule has 0 saturated carbocycles. The maximum absolute atomic E-state index is 11.5. The number of benzene rings is 1. The molecule has 0 aliphatic carbocycles. The average Bonchev–Trinajstić information content (AvgIpc) is 2.28. The molecule has 1 rings (SSSR count). The number of hydrogen-bond acceptors (Lipinski definition) is 3. The number of halogens is 1. The van der Waals surface area contributed by atoms with E-state index < -0.39 is 0 Å². The van der Waals surface area contributed by atoms with E-state index in [2.05, 4.69) is 24.5 Å². The first-order chi connectivity index (χ1) is 8.13. The first-order valence-corrected chi connectivity index (χ1v) is 5.79. The number of carbonyl (C=O) groups is 1. The first-order valence-electron chi connectivity index (χ1n) is 5.79. The smallest absolute Gasteiger partial charge is 0.238 e. The van der Waals surface area contributed by atoms with E-state index in [0.717, 1.165) is 0 Å². The molecule has 102 valence electrons. The molecule has 0 bridgehead atoms. The Morgan fingerprint density at radius 2 is 2.00 bits per heavy atom. The van der Waals surface area contributed by atoms with Gasteiger partial charge in [0.2, 0.25) is 5.91 Å². The van der Waals surface area contributed by atoms with Gasteiger partial charge in [-0.2, -0.15) is 0 Å². The van der Waals surface area contributed by atoms with Crippen molar-refractivity contribution in [1.29, 1.82) is 0 Å². The van der Waals surface area contributed by atoms with Crippen molar-refractivity contribution in [3.63, 3.8) is 0 Å². The van der Waals surface area contributed by atoms with Gasteiger partial charge in [-0.05, 0) is 25.1 Å². The number of anilines is 1. The highest BCUT2D eigenvalue weighted by molar-refractivity contribution is 5.93.